The van der Waals surface area contributed by atoms with E-state index < -0.39 is 11.7 Å². The van der Waals surface area contributed by atoms with E-state index in [1.54, 1.807) is 0 Å². The summed E-state index contributed by atoms with van der Waals surface area (Å²) in [7, 11) is 0. The van der Waals surface area contributed by atoms with Gasteiger partial charge in [0.15, 0.2) is 0 Å². The quantitative estimate of drug-likeness (QED) is 0.649. The summed E-state index contributed by atoms with van der Waals surface area (Å²) in [6.45, 7) is 5.55. The second-order valence-electron chi connectivity index (χ2n) is 6.54. The highest BCUT2D eigenvalue weighted by Gasteiger charge is 2.16. The fraction of sp³-hybridized carbons (Fsp3) is 0.368. The van der Waals surface area contributed by atoms with E-state index in [1.807, 2.05) is 63.5 Å². The van der Waals surface area contributed by atoms with Gasteiger partial charge in [-0.2, -0.15) is 0 Å². The molecule has 1 N–H and O–H groups in total. The highest BCUT2D eigenvalue weighted by Crippen LogP contribution is 2.15. The van der Waals surface area contributed by atoms with Crippen LogP contribution in [0.15, 0.2) is 48.8 Å². The van der Waals surface area contributed by atoms with Gasteiger partial charge in [0.05, 0.1) is 0 Å². The summed E-state index contributed by atoms with van der Waals surface area (Å²) in [5, 5.41) is 2.78. The number of carbonyl (C=O) groups excluding carboxylic acids is 1. The van der Waals surface area contributed by atoms with Crippen molar-refractivity contribution >= 4 is 35.8 Å². The maximum Gasteiger partial charge on any atom is 0.412 e. The molecule has 1 aromatic heterocycles. The molecule has 0 fully saturated rings. The lowest BCUT2D eigenvalue weighted by atomic mass is 10.0. The molecule has 0 bridgehead atoms. The highest BCUT2D eigenvalue weighted by molar-refractivity contribution is 14.0. The summed E-state index contributed by atoms with van der Waals surface area (Å²) in [5.41, 5.74) is 2.77. The molecule has 1 aromatic carbocycles. The standard InChI is InChI=1S/C19H24N2O2.HI/c1-19(2,3)23-18(22)21-17-9-5-8-16(14-17)7-4-6-15-10-12-20-13-11-15;/h5,8-14H,4,6-7H2,1-3H3,(H,21,22);1H. The van der Waals surface area contributed by atoms with Crippen LogP contribution in [0.3, 0.4) is 0 Å². The average molecular weight is 440 g/mol. The molecule has 2 aromatic rings. The van der Waals surface area contributed by atoms with Gasteiger partial charge in [0.1, 0.15) is 5.60 Å². The number of aromatic nitrogens is 1. The van der Waals surface area contributed by atoms with Crippen LogP contribution in [0.2, 0.25) is 0 Å². The number of halogens is 1. The van der Waals surface area contributed by atoms with Gasteiger partial charge in [-0.3, -0.25) is 10.3 Å². The molecule has 0 aliphatic rings. The summed E-state index contributed by atoms with van der Waals surface area (Å²) < 4.78 is 5.26. The van der Waals surface area contributed by atoms with E-state index in [0.717, 1.165) is 24.9 Å². The average Bonchev–Trinajstić information content (AvgIpc) is 2.46. The third-order valence-electron chi connectivity index (χ3n) is 3.25. The minimum atomic E-state index is -0.494. The van der Waals surface area contributed by atoms with Crippen LogP contribution in [0.25, 0.3) is 0 Å². The largest absolute Gasteiger partial charge is 0.444 e. The van der Waals surface area contributed by atoms with E-state index >= 15 is 0 Å². The Morgan fingerprint density at radius 3 is 2.42 bits per heavy atom. The summed E-state index contributed by atoms with van der Waals surface area (Å²) in [5.74, 6) is 0. The van der Waals surface area contributed by atoms with E-state index in [2.05, 4.69) is 16.4 Å². The summed E-state index contributed by atoms with van der Waals surface area (Å²) >= 11 is 0. The first-order valence-electron chi connectivity index (χ1n) is 7.90. The first-order valence-corrected chi connectivity index (χ1v) is 7.90. The molecule has 0 saturated carbocycles. The molecule has 130 valence electrons. The maximum atomic E-state index is 11.8. The maximum absolute atomic E-state index is 11.8. The van der Waals surface area contributed by atoms with Crippen LogP contribution in [0.1, 0.15) is 38.3 Å². The first kappa shape index (κ1) is 20.4. The normalized spacial score (nSPS) is 10.6. The Balaban J connectivity index is 0.00000288. The molecule has 2 rings (SSSR count). The Bertz CT molecular complexity index is 639. The fourth-order valence-corrected chi connectivity index (χ4v) is 2.27. The van der Waals surface area contributed by atoms with Crippen LogP contribution in [-0.2, 0) is 17.6 Å². The number of carbonyl (C=O) groups is 1. The summed E-state index contributed by atoms with van der Waals surface area (Å²) in [4.78, 5) is 15.8. The predicted octanol–water partition coefficient (Wildman–Crippen LogP) is 5.22. The van der Waals surface area contributed by atoms with Crippen molar-refractivity contribution in [3.63, 3.8) is 0 Å². The van der Waals surface area contributed by atoms with Crippen LogP contribution in [-0.4, -0.2) is 16.7 Å². The second kappa shape index (κ2) is 9.61. The minimum Gasteiger partial charge on any atom is -0.444 e. The van der Waals surface area contributed by atoms with Gasteiger partial charge in [-0.05, 0) is 75.4 Å². The number of rotatable bonds is 5. The topological polar surface area (TPSA) is 51.2 Å². The number of ether oxygens (including phenoxy) is 1. The van der Waals surface area contributed by atoms with E-state index in [0.29, 0.717) is 0 Å². The molecule has 1 amide bonds. The number of amides is 1. The van der Waals surface area contributed by atoms with Gasteiger partial charge >= 0.3 is 6.09 Å². The SMILES string of the molecule is CC(C)(C)OC(=O)Nc1cccc(CCCc2ccncc2)c1.I. The lowest BCUT2D eigenvalue weighted by Crippen LogP contribution is -2.27. The Morgan fingerprint density at radius 1 is 1.08 bits per heavy atom. The van der Waals surface area contributed by atoms with Gasteiger partial charge in [0.2, 0.25) is 0 Å². The van der Waals surface area contributed by atoms with Crippen molar-refractivity contribution in [2.45, 2.75) is 45.6 Å². The van der Waals surface area contributed by atoms with Crippen molar-refractivity contribution in [3.8, 4) is 0 Å². The molecule has 24 heavy (non-hydrogen) atoms. The Labute approximate surface area is 161 Å². The molecule has 0 aliphatic carbocycles. The highest BCUT2D eigenvalue weighted by atomic mass is 127. The smallest absolute Gasteiger partial charge is 0.412 e. The number of pyridine rings is 1. The van der Waals surface area contributed by atoms with E-state index in [-0.39, 0.29) is 24.0 Å². The third kappa shape index (κ3) is 7.77. The molecule has 0 atom stereocenters. The van der Waals surface area contributed by atoms with Gasteiger partial charge in [-0.1, -0.05) is 12.1 Å². The van der Waals surface area contributed by atoms with Crippen molar-refractivity contribution < 1.29 is 9.53 Å². The molecular formula is C19H25IN2O2. The molecule has 1 heterocycles. The van der Waals surface area contributed by atoms with Gasteiger partial charge in [0, 0.05) is 18.1 Å². The molecule has 0 aliphatic heterocycles. The van der Waals surface area contributed by atoms with Crippen LogP contribution in [0.4, 0.5) is 10.5 Å². The number of hydrogen-bond acceptors (Lipinski definition) is 3. The molecule has 0 unspecified atom stereocenters. The van der Waals surface area contributed by atoms with Crippen molar-refractivity contribution in [1.29, 1.82) is 0 Å². The number of anilines is 1. The van der Waals surface area contributed by atoms with Crippen molar-refractivity contribution in [1.82, 2.24) is 4.98 Å². The monoisotopic (exact) mass is 440 g/mol. The van der Waals surface area contributed by atoms with E-state index in [1.165, 1.54) is 11.1 Å². The summed E-state index contributed by atoms with van der Waals surface area (Å²) in [6, 6.07) is 12.0. The van der Waals surface area contributed by atoms with Crippen molar-refractivity contribution in [2.75, 3.05) is 5.32 Å². The second-order valence-corrected chi connectivity index (χ2v) is 6.54. The van der Waals surface area contributed by atoms with Gasteiger partial charge in [-0.25, -0.2) is 4.79 Å². The molecule has 0 saturated heterocycles. The number of hydrogen-bond donors (Lipinski definition) is 1. The van der Waals surface area contributed by atoms with Crippen LogP contribution in [0, 0.1) is 0 Å². The molecule has 5 heteroatoms. The summed E-state index contributed by atoms with van der Waals surface area (Å²) in [6.07, 6.45) is 6.26. The van der Waals surface area contributed by atoms with Crippen LogP contribution in [0.5, 0.6) is 0 Å². The molecule has 4 nitrogen and oxygen atoms in total. The zero-order valence-corrected chi connectivity index (χ0v) is 16.7. The number of benzene rings is 1. The Kier molecular flexibility index (Phi) is 8.18. The minimum absolute atomic E-state index is 0. The predicted molar refractivity (Wildman–Crippen MR) is 108 cm³/mol. The number of nitrogens with zero attached hydrogens (tertiary/aromatic N) is 1. The van der Waals surface area contributed by atoms with E-state index in [4.69, 9.17) is 4.74 Å². The van der Waals surface area contributed by atoms with E-state index in [9.17, 15) is 4.79 Å². The first-order chi connectivity index (χ1) is 10.9. The zero-order chi connectivity index (χ0) is 16.7. The Morgan fingerprint density at radius 2 is 1.75 bits per heavy atom. The lowest BCUT2D eigenvalue weighted by molar-refractivity contribution is 0.0636. The molecular weight excluding hydrogens is 415 g/mol. The lowest BCUT2D eigenvalue weighted by Gasteiger charge is -2.19. The van der Waals surface area contributed by atoms with Crippen LogP contribution < -0.4 is 5.32 Å². The van der Waals surface area contributed by atoms with Crippen molar-refractivity contribution in [2.24, 2.45) is 0 Å². The molecule has 0 spiro atoms. The van der Waals surface area contributed by atoms with Crippen molar-refractivity contribution in [3.05, 3.63) is 59.9 Å². The fourth-order valence-electron chi connectivity index (χ4n) is 2.27. The Hall–Kier alpha value is -1.63. The van der Waals surface area contributed by atoms with Gasteiger partial charge in [0.25, 0.3) is 0 Å². The number of nitrogens with one attached hydrogen (secondary N) is 1. The van der Waals surface area contributed by atoms with Gasteiger partial charge in [-0.15, -0.1) is 24.0 Å². The zero-order valence-electron chi connectivity index (χ0n) is 14.4. The van der Waals surface area contributed by atoms with Crippen LogP contribution >= 0.6 is 24.0 Å². The molecule has 0 radical (unpaired) electrons. The third-order valence-corrected chi connectivity index (χ3v) is 3.25. The van der Waals surface area contributed by atoms with Gasteiger partial charge < -0.3 is 4.74 Å². The number of aryl methyl sites for hydroxylation is 2.